The lowest BCUT2D eigenvalue weighted by Crippen LogP contribution is -2.33. The second-order valence-electron chi connectivity index (χ2n) is 7.29. The van der Waals surface area contributed by atoms with Gasteiger partial charge in [-0.3, -0.25) is 4.79 Å². The molecule has 1 amide bonds. The van der Waals surface area contributed by atoms with E-state index in [4.69, 9.17) is 0 Å². The van der Waals surface area contributed by atoms with Crippen molar-refractivity contribution in [2.24, 2.45) is 5.41 Å². The first-order chi connectivity index (χ1) is 11.3. The fraction of sp³-hybridized carbons (Fsp3) is 0.579. The predicted molar refractivity (Wildman–Crippen MR) is 103 cm³/mol. The van der Waals surface area contributed by atoms with Crippen LogP contribution in [0.4, 0.5) is 5.82 Å². The number of aromatic nitrogens is 1. The molecule has 0 fully saturated rings. The van der Waals surface area contributed by atoms with Crippen molar-refractivity contribution >= 4 is 27.7 Å². The van der Waals surface area contributed by atoms with Crippen molar-refractivity contribution in [2.45, 2.75) is 53.9 Å². The monoisotopic (exact) mass is 393 g/mol. The minimum atomic E-state index is 0.0251. The highest BCUT2D eigenvalue weighted by Gasteiger charge is 2.27. The van der Waals surface area contributed by atoms with Crippen molar-refractivity contribution in [3.63, 3.8) is 0 Å². The van der Waals surface area contributed by atoms with E-state index in [1.807, 2.05) is 31.7 Å². The number of anilines is 1. The molecule has 1 aromatic rings. The maximum absolute atomic E-state index is 13.3. The van der Waals surface area contributed by atoms with Crippen LogP contribution in [0.1, 0.15) is 62.9 Å². The number of carbonyl (C=O) groups excluding carboxylic acids is 1. The third-order valence-corrected chi connectivity index (χ3v) is 5.71. The molecule has 24 heavy (non-hydrogen) atoms. The van der Waals surface area contributed by atoms with Crippen LogP contribution in [0.2, 0.25) is 0 Å². The zero-order valence-electron chi connectivity index (χ0n) is 15.4. The average molecular weight is 394 g/mol. The van der Waals surface area contributed by atoms with Crippen molar-refractivity contribution < 1.29 is 4.79 Å². The molecule has 2 rings (SSSR count). The Morgan fingerprint density at radius 2 is 2.12 bits per heavy atom. The summed E-state index contributed by atoms with van der Waals surface area (Å²) in [5.74, 6) is 0.714. The minimum Gasteiger partial charge on any atom is -0.369 e. The van der Waals surface area contributed by atoms with Gasteiger partial charge in [-0.05, 0) is 66.9 Å². The predicted octanol–water partition coefficient (Wildman–Crippen LogP) is 5.14. The summed E-state index contributed by atoms with van der Waals surface area (Å²) >= 11 is 3.51. The van der Waals surface area contributed by atoms with Crippen molar-refractivity contribution in [1.29, 1.82) is 0 Å². The molecule has 0 bridgehead atoms. The van der Waals surface area contributed by atoms with Gasteiger partial charge in [-0.25, -0.2) is 4.98 Å². The molecule has 2 heterocycles. The summed E-state index contributed by atoms with van der Waals surface area (Å²) in [5, 5.41) is 3.38. The van der Waals surface area contributed by atoms with Gasteiger partial charge in [0.2, 0.25) is 0 Å². The number of amides is 1. The highest BCUT2D eigenvalue weighted by molar-refractivity contribution is 9.10. The van der Waals surface area contributed by atoms with Crippen LogP contribution in [0.5, 0.6) is 0 Å². The lowest BCUT2D eigenvalue weighted by atomic mass is 9.84. The van der Waals surface area contributed by atoms with Crippen LogP contribution >= 0.6 is 15.9 Å². The van der Waals surface area contributed by atoms with Gasteiger partial charge in [-0.1, -0.05) is 19.9 Å². The quantitative estimate of drug-likeness (QED) is 0.717. The Morgan fingerprint density at radius 1 is 1.42 bits per heavy atom. The molecule has 0 radical (unpaired) electrons. The number of nitrogens with one attached hydrogen (secondary N) is 1. The Balaban J connectivity index is 2.52. The van der Waals surface area contributed by atoms with E-state index < -0.39 is 0 Å². The van der Waals surface area contributed by atoms with E-state index in [0.717, 1.165) is 48.1 Å². The van der Waals surface area contributed by atoms with E-state index in [-0.39, 0.29) is 11.3 Å². The second kappa shape index (κ2) is 7.68. The maximum atomic E-state index is 13.3. The first-order valence-electron chi connectivity index (χ1n) is 8.60. The number of allylic oxidation sites excluding steroid dienone is 2. The lowest BCUT2D eigenvalue weighted by molar-refractivity contribution is 0.0788. The molecule has 0 unspecified atom stereocenters. The third kappa shape index (κ3) is 4.18. The molecule has 4 nitrogen and oxygen atoms in total. The number of nitrogens with zero attached hydrogens (tertiary/aromatic N) is 2. The summed E-state index contributed by atoms with van der Waals surface area (Å²) in [7, 11) is 0. The molecular weight excluding hydrogens is 366 g/mol. The molecule has 132 valence electrons. The molecule has 0 saturated heterocycles. The van der Waals surface area contributed by atoms with Crippen molar-refractivity contribution in [3.05, 3.63) is 33.6 Å². The van der Waals surface area contributed by atoms with Crippen LogP contribution < -0.4 is 5.32 Å². The normalized spacial score (nSPS) is 19.3. The fourth-order valence-corrected chi connectivity index (χ4v) is 3.32. The number of hydrogen-bond acceptors (Lipinski definition) is 3. The smallest absolute Gasteiger partial charge is 0.262 e. The number of hydrogen-bond donors (Lipinski definition) is 1. The number of rotatable bonds is 1. The Labute approximate surface area is 153 Å². The summed E-state index contributed by atoms with van der Waals surface area (Å²) in [6.07, 6.45) is 6.95. The first-order valence-corrected chi connectivity index (χ1v) is 9.40. The van der Waals surface area contributed by atoms with Crippen LogP contribution in [-0.4, -0.2) is 28.9 Å². The summed E-state index contributed by atoms with van der Waals surface area (Å²) in [6.45, 7) is 12.1. The molecule has 0 spiro atoms. The van der Waals surface area contributed by atoms with Gasteiger partial charge in [-0.15, -0.1) is 0 Å². The molecule has 0 aromatic carbocycles. The van der Waals surface area contributed by atoms with Gasteiger partial charge in [0.15, 0.2) is 0 Å². The van der Waals surface area contributed by atoms with Crippen LogP contribution in [0.25, 0.3) is 0 Å². The van der Waals surface area contributed by atoms with Gasteiger partial charge in [0.25, 0.3) is 5.91 Å². The SMILES string of the molecule is C/C=C(\C)N1CCC(C)(C)CCCNc2ncc(Br)c(C)c2C1=O. The molecule has 1 aromatic heterocycles. The highest BCUT2D eigenvalue weighted by atomic mass is 79.9. The van der Waals surface area contributed by atoms with Gasteiger partial charge in [0.05, 0.1) is 5.56 Å². The highest BCUT2D eigenvalue weighted by Crippen LogP contribution is 2.31. The second-order valence-corrected chi connectivity index (χ2v) is 8.14. The fourth-order valence-electron chi connectivity index (χ4n) is 3.02. The molecule has 0 saturated carbocycles. The first kappa shape index (κ1) is 19.0. The van der Waals surface area contributed by atoms with Gasteiger partial charge in [0.1, 0.15) is 5.82 Å². The standard InChI is InChI=1S/C19H28BrN3O/c1-6-13(2)23-11-9-19(4,5)8-7-10-21-17-16(18(23)24)14(3)15(20)12-22-17/h6,12H,7-11H2,1-5H3,(H,21,22)/b13-6+. The van der Waals surface area contributed by atoms with E-state index in [9.17, 15) is 4.79 Å². The van der Waals surface area contributed by atoms with E-state index >= 15 is 0 Å². The Bertz CT molecular complexity index is 652. The number of fused-ring (bicyclic) bond motifs is 1. The van der Waals surface area contributed by atoms with E-state index in [2.05, 4.69) is 40.1 Å². The largest absolute Gasteiger partial charge is 0.369 e. The minimum absolute atomic E-state index is 0.0251. The molecule has 0 atom stereocenters. The van der Waals surface area contributed by atoms with Crippen molar-refractivity contribution in [3.8, 4) is 0 Å². The topological polar surface area (TPSA) is 45.2 Å². The lowest BCUT2D eigenvalue weighted by Gasteiger charge is -2.30. The third-order valence-electron chi connectivity index (χ3n) is 4.91. The van der Waals surface area contributed by atoms with Gasteiger partial charge in [0, 0.05) is 29.5 Å². The summed E-state index contributed by atoms with van der Waals surface area (Å²) in [5.41, 5.74) is 2.81. The zero-order chi connectivity index (χ0) is 17.9. The average Bonchev–Trinajstić information content (AvgIpc) is 2.55. The summed E-state index contributed by atoms with van der Waals surface area (Å²) in [4.78, 5) is 19.7. The molecule has 1 aliphatic rings. The Morgan fingerprint density at radius 3 is 2.79 bits per heavy atom. The molecule has 1 N–H and O–H groups in total. The summed E-state index contributed by atoms with van der Waals surface area (Å²) in [6, 6.07) is 0. The van der Waals surface area contributed by atoms with Crippen LogP contribution in [0.3, 0.4) is 0 Å². The van der Waals surface area contributed by atoms with Crippen LogP contribution in [-0.2, 0) is 0 Å². The maximum Gasteiger partial charge on any atom is 0.262 e. The zero-order valence-corrected chi connectivity index (χ0v) is 17.0. The van der Waals surface area contributed by atoms with Crippen molar-refractivity contribution in [2.75, 3.05) is 18.4 Å². The van der Waals surface area contributed by atoms with Gasteiger partial charge < -0.3 is 10.2 Å². The molecular formula is C19H28BrN3O. The van der Waals surface area contributed by atoms with Gasteiger partial charge in [-0.2, -0.15) is 0 Å². The van der Waals surface area contributed by atoms with E-state index in [0.29, 0.717) is 11.4 Å². The summed E-state index contributed by atoms with van der Waals surface area (Å²) < 4.78 is 0.865. The molecule has 5 heteroatoms. The molecule has 1 aliphatic heterocycles. The van der Waals surface area contributed by atoms with E-state index in [1.165, 1.54) is 0 Å². The van der Waals surface area contributed by atoms with E-state index in [1.54, 1.807) is 6.20 Å². The number of halogens is 1. The Hall–Kier alpha value is -1.36. The molecule has 0 aliphatic carbocycles. The van der Waals surface area contributed by atoms with Crippen LogP contribution in [0.15, 0.2) is 22.4 Å². The number of carbonyl (C=O) groups is 1. The number of pyridine rings is 1. The Kier molecular flexibility index (Phi) is 6.07. The van der Waals surface area contributed by atoms with Gasteiger partial charge >= 0.3 is 0 Å². The van der Waals surface area contributed by atoms with Crippen molar-refractivity contribution in [1.82, 2.24) is 9.88 Å². The van der Waals surface area contributed by atoms with Crippen LogP contribution in [0, 0.1) is 12.3 Å².